The molecule has 0 aliphatic carbocycles. The third kappa shape index (κ3) is 9.54. The Balaban J connectivity index is 1.42. The van der Waals surface area contributed by atoms with Gasteiger partial charge in [-0.25, -0.2) is 8.78 Å². The van der Waals surface area contributed by atoms with E-state index in [-0.39, 0.29) is 24.3 Å². The number of rotatable bonds is 14. The van der Waals surface area contributed by atoms with Crippen LogP contribution in [0, 0.1) is 17.6 Å². The third-order valence-electron chi connectivity index (χ3n) is 7.17. The Bertz CT molecular complexity index is 1390. The smallest absolute Gasteiger partial charge is 0.224 e. The maximum absolute atomic E-state index is 14.0. The van der Waals surface area contributed by atoms with Crippen LogP contribution in [0.5, 0.6) is 5.75 Å². The Morgan fingerprint density at radius 1 is 0.805 bits per heavy atom. The van der Waals surface area contributed by atoms with E-state index in [1.54, 1.807) is 0 Å². The van der Waals surface area contributed by atoms with Crippen molar-refractivity contribution in [1.82, 2.24) is 10.6 Å². The van der Waals surface area contributed by atoms with Gasteiger partial charge in [-0.1, -0.05) is 86.6 Å². The van der Waals surface area contributed by atoms with Crippen LogP contribution in [0.15, 0.2) is 97.1 Å². The van der Waals surface area contributed by atoms with Gasteiger partial charge in [-0.2, -0.15) is 0 Å². The summed E-state index contributed by atoms with van der Waals surface area (Å²) in [6.07, 6.45) is 1.41. The van der Waals surface area contributed by atoms with Crippen LogP contribution in [-0.4, -0.2) is 18.5 Å². The summed E-state index contributed by atoms with van der Waals surface area (Å²) in [4.78, 5) is 13.3. The molecule has 214 valence electrons. The largest absolute Gasteiger partial charge is 0.489 e. The Labute approximate surface area is 241 Å². The molecule has 0 aromatic heterocycles. The number of carbonyl (C=O) groups excluding carboxylic acids is 1. The summed E-state index contributed by atoms with van der Waals surface area (Å²) in [5, 5.41) is 6.63. The van der Waals surface area contributed by atoms with Gasteiger partial charge in [-0.15, -0.1) is 0 Å². The topological polar surface area (TPSA) is 50.4 Å². The molecular weight excluding hydrogens is 518 g/mol. The summed E-state index contributed by atoms with van der Waals surface area (Å²) in [5.41, 5.74) is 4.79. The first-order chi connectivity index (χ1) is 19.9. The molecule has 1 unspecified atom stereocenters. The van der Waals surface area contributed by atoms with Crippen LogP contribution in [0.25, 0.3) is 0 Å². The van der Waals surface area contributed by atoms with Crippen LogP contribution in [0.4, 0.5) is 8.78 Å². The fourth-order valence-electron chi connectivity index (χ4n) is 4.88. The molecular formula is C35H38F2N2O2. The summed E-state index contributed by atoms with van der Waals surface area (Å²) < 4.78 is 34.0. The zero-order chi connectivity index (χ0) is 29.0. The van der Waals surface area contributed by atoms with E-state index in [1.165, 1.54) is 23.3 Å². The first kappa shape index (κ1) is 29.9. The minimum Gasteiger partial charge on any atom is -0.489 e. The van der Waals surface area contributed by atoms with E-state index in [1.807, 2.05) is 61.5 Å². The quantitative estimate of drug-likeness (QED) is 0.180. The second-order valence-electron chi connectivity index (χ2n) is 10.5. The van der Waals surface area contributed by atoms with Crippen molar-refractivity contribution in [2.75, 3.05) is 6.54 Å². The molecule has 2 N–H and O–H groups in total. The molecule has 0 radical (unpaired) electrons. The van der Waals surface area contributed by atoms with Gasteiger partial charge in [-0.05, 0) is 65.8 Å². The van der Waals surface area contributed by atoms with E-state index in [9.17, 15) is 13.6 Å². The molecule has 0 fully saturated rings. The number of hydrogen-bond acceptors (Lipinski definition) is 3. The zero-order valence-electron chi connectivity index (χ0n) is 23.7. The molecule has 4 aromatic rings. The summed E-state index contributed by atoms with van der Waals surface area (Å²) in [6.45, 7) is 5.88. The number of halogens is 2. The van der Waals surface area contributed by atoms with E-state index < -0.39 is 11.6 Å². The van der Waals surface area contributed by atoms with Crippen LogP contribution in [0.1, 0.15) is 41.7 Å². The number of benzene rings is 4. The van der Waals surface area contributed by atoms with Crippen LogP contribution in [-0.2, 0) is 37.2 Å². The van der Waals surface area contributed by atoms with Crippen molar-refractivity contribution in [2.24, 2.45) is 5.92 Å². The minimum absolute atomic E-state index is 0.00999. The summed E-state index contributed by atoms with van der Waals surface area (Å²) >= 11 is 0. The van der Waals surface area contributed by atoms with Gasteiger partial charge in [0.2, 0.25) is 5.91 Å². The molecule has 4 nitrogen and oxygen atoms in total. The monoisotopic (exact) mass is 556 g/mol. The maximum Gasteiger partial charge on any atom is 0.224 e. The summed E-state index contributed by atoms with van der Waals surface area (Å²) in [7, 11) is 0. The van der Waals surface area contributed by atoms with Gasteiger partial charge in [0.25, 0.3) is 0 Å². The molecule has 0 spiro atoms. The van der Waals surface area contributed by atoms with Gasteiger partial charge in [0.05, 0.1) is 6.42 Å². The number of aryl methyl sites for hydroxylation is 1. The molecule has 6 heteroatoms. The van der Waals surface area contributed by atoms with Gasteiger partial charge in [0.15, 0.2) is 0 Å². The van der Waals surface area contributed by atoms with Gasteiger partial charge >= 0.3 is 0 Å². The molecule has 2 atom stereocenters. The van der Waals surface area contributed by atoms with Crippen molar-refractivity contribution in [3.63, 3.8) is 0 Å². The van der Waals surface area contributed by atoms with Gasteiger partial charge in [-0.3, -0.25) is 4.79 Å². The van der Waals surface area contributed by atoms with Crippen molar-refractivity contribution >= 4 is 5.91 Å². The highest BCUT2D eigenvalue weighted by Gasteiger charge is 2.22. The van der Waals surface area contributed by atoms with Crippen molar-refractivity contribution in [3.8, 4) is 5.75 Å². The molecule has 0 saturated carbocycles. The predicted molar refractivity (Wildman–Crippen MR) is 160 cm³/mol. The minimum atomic E-state index is -0.629. The van der Waals surface area contributed by atoms with Crippen molar-refractivity contribution < 1.29 is 18.3 Å². The lowest BCUT2D eigenvalue weighted by Crippen LogP contribution is -2.44. The lowest BCUT2D eigenvalue weighted by atomic mass is 9.94. The highest BCUT2D eigenvalue weighted by atomic mass is 19.1. The van der Waals surface area contributed by atoms with Crippen molar-refractivity contribution in [1.29, 1.82) is 0 Å². The maximum atomic E-state index is 14.0. The predicted octanol–water partition coefficient (Wildman–Crippen LogP) is 6.80. The molecule has 0 saturated heterocycles. The summed E-state index contributed by atoms with van der Waals surface area (Å²) in [6, 6.07) is 29.0. The molecule has 0 heterocycles. The number of carbonyl (C=O) groups is 1. The van der Waals surface area contributed by atoms with Crippen LogP contribution in [0.3, 0.4) is 0 Å². The molecule has 4 aromatic carbocycles. The first-order valence-corrected chi connectivity index (χ1v) is 14.2. The van der Waals surface area contributed by atoms with Crippen molar-refractivity contribution in [2.45, 2.75) is 52.3 Å². The average molecular weight is 557 g/mol. The van der Waals surface area contributed by atoms with Crippen molar-refractivity contribution in [3.05, 3.63) is 137 Å². The molecule has 41 heavy (non-hydrogen) atoms. The standard InChI is InChI=1S/C35H38F2N2O2/c1-3-26-12-9-13-28(16-26)23-38-22-25(2)33(19-29-17-31(36)21-32(37)18-29)39-35(40)20-30-14-7-8-15-34(30)41-24-27-10-5-4-6-11-27/h4-18,21,25,33,38H,3,19-20,22-24H2,1-2H3,(H,39,40)/t25?,33-/m0/s1. The molecule has 0 aliphatic rings. The number of hydrogen-bond donors (Lipinski definition) is 2. The average Bonchev–Trinajstić information content (AvgIpc) is 2.96. The van der Waals surface area contributed by atoms with E-state index >= 15 is 0 Å². The number of ether oxygens (including phenoxy) is 1. The van der Waals surface area contributed by atoms with Gasteiger partial charge in [0, 0.05) is 24.2 Å². The Morgan fingerprint density at radius 2 is 1.49 bits per heavy atom. The number of nitrogens with one attached hydrogen (secondary N) is 2. The van der Waals surface area contributed by atoms with Crippen LogP contribution in [0.2, 0.25) is 0 Å². The highest BCUT2D eigenvalue weighted by Crippen LogP contribution is 2.21. The highest BCUT2D eigenvalue weighted by molar-refractivity contribution is 5.79. The van der Waals surface area contributed by atoms with E-state index in [0.717, 1.165) is 23.6 Å². The Morgan fingerprint density at radius 3 is 2.24 bits per heavy atom. The molecule has 0 aliphatic heterocycles. The van der Waals surface area contributed by atoms with E-state index in [4.69, 9.17) is 4.74 Å². The summed E-state index contributed by atoms with van der Waals surface area (Å²) in [5.74, 6) is -0.791. The number of amides is 1. The second-order valence-corrected chi connectivity index (χ2v) is 10.5. The Hall–Kier alpha value is -4.03. The fraction of sp³-hybridized carbons (Fsp3) is 0.286. The second kappa shape index (κ2) is 15.1. The van der Waals surface area contributed by atoms with E-state index in [0.29, 0.717) is 37.4 Å². The van der Waals surface area contributed by atoms with Crippen LogP contribution < -0.4 is 15.4 Å². The fourth-order valence-corrected chi connectivity index (χ4v) is 4.88. The molecule has 4 rings (SSSR count). The molecule has 1 amide bonds. The normalized spacial score (nSPS) is 12.5. The lowest BCUT2D eigenvalue weighted by Gasteiger charge is -2.26. The zero-order valence-corrected chi connectivity index (χ0v) is 23.7. The molecule has 0 bridgehead atoms. The van der Waals surface area contributed by atoms with Gasteiger partial charge < -0.3 is 15.4 Å². The lowest BCUT2D eigenvalue weighted by molar-refractivity contribution is -0.121. The first-order valence-electron chi connectivity index (χ1n) is 14.2. The Kier molecular flexibility index (Phi) is 11.0. The van der Waals surface area contributed by atoms with Crippen LogP contribution >= 0.6 is 0 Å². The van der Waals surface area contributed by atoms with E-state index in [2.05, 4.69) is 41.8 Å². The van der Waals surface area contributed by atoms with Gasteiger partial charge in [0.1, 0.15) is 24.0 Å². The number of para-hydroxylation sites is 1. The third-order valence-corrected chi connectivity index (χ3v) is 7.17. The SMILES string of the molecule is CCc1cccc(CNCC(C)[C@H](Cc2cc(F)cc(F)c2)NC(=O)Cc2ccccc2OCc2ccccc2)c1.